The van der Waals surface area contributed by atoms with Crippen molar-refractivity contribution >= 4 is 12.1 Å². The molecule has 2 N–H and O–H groups in total. The van der Waals surface area contributed by atoms with Gasteiger partial charge in [-0.1, -0.05) is 30.3 Å². The van der Waals surface area contributed by atoms with E-state index in [2.05, 4.69) is 0 Å². The summed E-state index contributed by atoms with van der Waals surface area (Å²) in [6, 6.07) is 8.22. The highest BCUT2D eigenvalue weighted by molar-refractivity contribution is 5.80. The van der Waals surface area contributed by atoms with Crippen molar-refractivity contribution in [2.24, 2.45) is 0 Å². The van der Waals surface area contributed by atoms with Crippen molar-refractivity contribution in [1.82, 2.24) is 5.48 Å². The molecule has 0 spiro atoms. The van der Waals surface area contributed by atoms with E-state index in [0.29, 0.717) is 5.56 Å². The lowest BCUT2D eigenvalue weighted by Crippen LogP contribution is -2.48. The zero-order chi connectivity index (χ0) is 16.8. The predicted molar refractivity (Wildman–Crippen MR) is 78.1 cm³/mol. The highest BCUT2D eigenvalue weighted by Crippen LogP contribution is 2.26. The SMILES string of the molecule is COCC(ONC(=O)OC(C)(C)C)(C(=O)O)c1ccccc1. The van der Waals surface area contributed by atoms with Crippen LogP contribution in [0.2, 0.25) is 0 Å². The fourth-order valence-corrected chi connectivity index (χ4v) is 1.74. The van der Waals surface area contributed by atoms with Crippen LogP contribution in [-0.4, -0.2) is 36.5 Å². The third-order valence-corrected chi connectivity index (χ3v) is 2.64. The number of nitrogens with one attached hydrogen (secondary N) is 1. The second-order valence-corrected chi connectivity index (χ2v) is 5.64. The van der Waals surface area contributed by atoms with Gasteiger partial charge in [-0.25, -0.2) is 14.4 Å². The minimum Gasteiger partial charge on any atom is -0.479 e. The summed E-state index contributed by atoms with van der Waals surface area (Å²) in [7, 11) is 1.34. The van der Waals surface area contributed by atoms with Gasteiger partial charge in [0.15, 0.2) is 0 Å². The van der Waals surface area contributed by atoms with Gasteiger partial charge in [-0.15, -0.1) is 0 Å². The van der Waals surface area contributed by atoms with E-state index in [0.717, 1.165) is 0 Å². The van der Waals surface area contributed by atoms with Gasteiger partial charge in [0.2, 0.25) is 5.60 Å². The maximum absolute atomic E-state index is 11.7. The molecule has 1 atom stereocenters. The minimum atomic E-state index is -1.87. The molecular formula is C15H21NO6. The van der Waals surface area contributed by atoms with Crippen molar-refractivity contribution in [3.8, 4) is 0 Å². The van der Waals surface area contributed by atoms with Gasteiger partial charge in [-0.2, -0.15) is 5.48 Å². The van der Waals surface area contributed by atoms with Crippen molar-refractivity contribution in [2.75, 3.05) is 13.7 Å². The minimum absolute atomic E-state index is 0.290. The Bertz CT molecular complexity index is 511. The molecule has 0 aliphatic heterocycles. The Morgan fingerprint density at radius 2 is 1.77 bits per heavy atom. The van der Waals surface area contributed by atoms with Gasteiger partial charge in [0.1, 0.15) is 5.60 Å². The van der Waals surface area contributed by atoms with Crippen molar-refractivity contribution in [3.63, 3.8) is 0 Å². The number of methoxy groups -OCH3 is 1. The number of benzene rings is 1. The lowest BCUT2D eigenvalue weighted by molar-refractivity contribution is -0.188. The standard InChI is InChI=1S/C15H21NO6/c1-14(2,3)21-13(19)16-22-15(10-20-4,12(17)18)11-8-6-5-7-9-11/h5-9H,10H2,1-4H3,(H,16,19)(H,17,18). The van der Waals surface area contributed by atoms with Crippen molar-refractivity contribution in [2.45, 2.75) is 32.0 Å². The molecule has 7 heteroatoms. The second kappa shape index (κ2) is 7.24. The van der Waals surface area contributed by atoms with Gasteiger partial charge in [-0.3, -0.25) is 0 Å². The summed E-state index contributed by atoms with van der Waals surface area (Å²) in [6.45, 7) is 4.76. The highest BCUT2D eigenvalue weighted by Gasteiger charge is 2.44. The van der Waals surface area contributed by atoms with Gasteiger partial charge in [-0.05, 0) is 20.8 Å². The molecule has 0 heterocycles. The Balaban J connectivity index is 2.97. The first-order valence-corrected chi connectivity index (χ1v) is 6.66. The number of carbonyl (C=O) groups is 2. The maximum atomic E-state index is 11.7. The molecule has 0 aliphatic rings. The lowest BCUT2D eigenvalue weighted by atomic mass is 9.95. The van der Waals surface area contributed by atoms with Crippen LogP contribution in [0.4, 0.5) is 4.79 Å². The van der Waals surface area contributed by atoms with Crippen LogP contribution in [0.25, 0.3) is 0 Å². The van der Waals surface area contributed by atoms with E-state index < -0.39 is 23.3 Å². The Labute approximate surface area is 129 Å². The number of hydrogen-bond acceptors (Lipinski definition) is 5. The number of rotatable bonds is 6. The largest absolute Gasteiger partial charge is 0.479 e. The Morgan fingerprint density at radius 1 is 1.18 bits per heavy atom. The van der Waals surface area contributed by atoms with Crippen LogP contribution in [-0.2, 0) is 24.7 Å². The molecule has 7 nitrogen and oxygen atoms in total. The maximum Gasteiger partial charge on any atom is 0.431 e. The van der Waals surface area contributed by atoms with E-state index in [1.165, 1.54) is 7.11 Å². The van der Waals surface area contributed by atoms with Crippen LogP contribution >= 0.6 is 0 Å². The number of hydroxylamine groups is 1. The quantitative estimate of drug-likeness (QED) is 0.781. The van der Waals surface area contributed by atoms with Gasteiger partial charge >= 0.3 is 12.1 Å². The smallest absolute Gasteiger partial charge is 0.431 e. The molecule has 0 aliphatic carbocycles. The van der Waals surface area contributed by atoms with Crippen molar-refractivity contribution < 1.29 is 29.0 Å². The molecule has 1 rings (SSSR count). The zero-order valence-corrected chi connectivity index (χ0v) is 13.1. The lowest BCUT2D eigenvalue weighted by Gasteiger charge is -2.29. The van der Waals surface area contributed by atoms with Crippen molar-refractivity contribution in [1.29, 1.82) is 0 Å². The topological polar surface area (TPSA) is 94.1 Å². The molecule has 1 unspecified atom stereocenters. The van der Waals surface area contributed by atoms with E-state index in [1.807, 2.05) is 5.48 Å². The summed E-state index contributed by atoms with van der Waals surface area (Å²) < 4.78 is 9.98. The molecule has 1 aromatic rings. The van der Waals surface area contributed by atoms with E-state index in [9.17, 15) is 14.7 Å². The Hall–Kier alpha value is -2.12. The third kappa shape index (κ3) is 4.71. The molecule has 22 heavy (non-hydrogen) atoms. The Morgan fingerprint density at radius 3 is 2.23 bits per heavy atom. The molecular weight excluding hydrogens is 290 g/mol. The number of carboxylic acids is 1. The number of hydrogen-bond donors (Lipinski definition) is 2. The molecule has 0 saturated heterocycles. The molecule has 1 amide bonds. The van der Waals surface area contributed by atoms with Crippen LogP contribution in [0.15, 0.2) is 30.3 Å². The van der Waals surface area contributed by atoms with Crippen LogP contribution in [0.3, 0.4) is 0 Å². The molecule has 0 radical (unpaired) electrons. The molecule has 1 aromatic carbocycles. The number of aliphatic carboxylic acids is 1. The monoisotopic (exact) mass is 311 g/mol. The third-order valence-electron chi connectivity index (χ3n) is 2.64. The number of carbonyl (C=O) groups excluding carboxylic acids is 1. The molecule has 0 aromatic heterocycles. The first kappa shape index (κ1) is 17.9. The highest BCUT2D eigenvalue weighted by atomic mass is 16.7. The number of amides is 1. The van der Waals surface area contributed by atoms with Crippen LogP contribution in [0.1, 0.15) is 26.3 Å². The van der Waals surface area contributed by atoms with E-state index in [4.69, 9.17) is 14.3 Å². The molecule has 0 saturated carbocycles. The molecule has 0 fully saturated rings. The van der Waals surface area contributed by atoms with Crippen LogP contribution < -0.4 is 5.48 Å². The van der Waals surface area contributed by atoms with Gasteiger partial charge < -0.3 is 14.6 Å². The predicted octanol–water partition coefficient (Wildman–Crippen LogP) is 2.07. The van der Waals surface area contributed by atoms with E-state index in [-0.39, 0.29) is 6.61 Å². The summed E-state index contributed by atoms with van der Waals surface area (Å²) in [4.78, 5) is 28.6. The second-order valence-electron chi connectivity index (χ2n) is 5.64. The number of ether oxygens (including phenoxy) is 2. The normalized spacial score (nSPS) is 14.0. The van der Waals surface area contributed by atoms with Gasteiger partial charge in [0, 0.05) is 12.7 Å². The first-order chi connectivity index (χ1) is 10.2. The summed E-state index contributed by atoms with van der Waals surface area (Å²) in [5.41, 5.74) is -0.240. The summed E-state index contributed by atoms with van der Waals surface area (Å²) in [5.74, 6) is -1.29. The fourth-order valence-electron chi connectivity index (χ4n) is 1.74. The Kier molecular flexibility index (Phi) is 5.90. The number of carboxylic acid groups (broad SMARTS) is 1. The molecule has 0 bridgehead atoms. The van der Waals surface area contributed by atoms with Crippen LogP contribution in [0.5, 0.6) is 0 Å². The average Bonchev–Trinajstić information content (AvgIpc) is 2.42. The molecule has 122 valence electrons. The summed E-state index contributed by atoms with van der Waals surface area (Å²) >= 11 is 0. The van der Waals surface area contributed by atoms with Gasteiger partial charge in [0.25, 0.3) is 0 Å². The van der Waals surface area contributed by atoms with Crippen molar-refractivity contribution in [3.05, 3.63) is 35.9 Å². The average molecular weight is 311 g/mol. The first-order valence-electron chi connectivity index (χ1n) is 6.66. The van der Waals surface area contributed by atoms with E-state index in [1.54, 1.807) is 51.1 Å². The zero-order valence-electron chi connectivity index (χ0n) is 13.1. The summed E-state index contributed by atoms with van der Waals surface area (Å²) in [5, 5.41) is 9.56. The van der Waals surface area contributed by atoms with Crippen LogP contribution in [0, 0.1) is 0 Å². The summed E-state index contributed by atoms with van der Waals surface area (Å²) in [6.07, 6.45) is -0.884. The fraction of sp³-hybridized carbons (Fsp3) is 0.467. The van der Waals surface area contributed by atoms with Gasteiger partial charge in [0.05, 0.1) is 6.61 Å². The van der Waals surface area contributed by atoms with E-state index >= 15 is 0 Å².